The Hall–Kier alpha value is -2.20. The molecule has 0 amide bonds. The third kappa shape index (κ3) is 2.00. The molecule has 0 atom stereocenters. The number of ketones is 1. The second kappa shape index (κ2) is 4.48. The molecule has 0 saturated carbocycles. The van der Waals surface area contributed by atoms with Gasteiger partial charge in [0.1, 0.15) is 5.82 Å². The van der Waals surface area contributed by atoms with Crippen LogP contribution in [0.5, 0.6) is 0 Å². The van der Waals surface area contributed by atoms with Gasteiger partial charge in [-0.15, -0.1) is 0 Å². The Balaban J connectivity index is 2.13. The van der Waals surface area contributed by atoms with Crippen molar-refractivity contribution in [2.75, 3.05) is 0 Å². The molecule has 1 aromatic carbocycles. The standard InChI is InChI=1S/C14H8ClFN2O/c15-8-1-2-9(12(16)5-8)14(19)11-7-18-13-3-4-17-6-10(11)13/h1-7,18H. The second-order valence-corrected chi connectivity index (χ2v) is 4.51. The number of pyridine rings is 1. The Bertz CT molecular complexity index is 782. The number of carbonyl (C=O) groups is 1. The molecular weight excluding hydrogens is 267 g/mol. The molecule has 0 aliphatic rings. The summed E-state index contributed by atoms with van der Waals surface area (Å²) in [6, 6.07) is 5.76. The number of aromatic amines is 1. The number of halogens is 2. The lowest BCUT2D eigenvalue weighted by Crippen LogP contribution is -2.03. The van der Waals surface area contributed by atoms with Crippen molar-refractivity contribution in [1.82, 2.24) is 9.97 Å². The molecule has 5 heteroatoms. The molecule has 3 rings (SSSR count). The van der Waals surface area contributed by atoms with Crippen LogP contribution in [0.1, 0.15) is 15.9 Å². The van der Waals surface area contributed by atoms with Gasteiger partial charge in [-0.3, -0.25) is 9.78 Å². The van der Waals surface area contributed by atoms with E-state index < -0.39 is 11.6 Å². The van der Waals surface area contributed by atoms with E-state index in [4.69, 9.17) is 11.6 Å². The largest absolute Gasteiger partial charge is 0.360 e. The first kappa shape index (κ1) is 11.9. The lowest BCUT2D eigenvalue weighted by atomic mass is 10.0. The van der Waals surface area contributed by atoms with Crippen LogP contribution in [-0.2, 0) is 0 Å². The summed E-state index contributed by atoms with van der Waals surface area (Å²) < 4.78 is 13.8. The van der Waals surface area contributed by atoms with Gasteiger partial charge in [-0.2, -0.15) is 0 Å². The topological polar surface area (TPSA) is 45.8 Å². The second-order valence-electron chi connectivity index (χ2n) is 4.08. The molecule has 3 nitrogen and oxygen atoms in total. The average Bonchev–Trinajstić information content (AvgIpc) is 2.82. The molecule has 2 heterocycles. The maximum absolute atomic E-state index is 13.8. The normalized spacial score (nSPS) is 10.8. The first-order chi connectivity index (χ1) is 9.16. The average molecular weight is 275 g/mol. The minimum Gasteiger partial charge on any atom is -0.360 e. The highest BCUT2D eigenvalue weighted by atomic mass is 35.5. The van der Waals surface area contributed by atoms with Crippen molar-refractivity contribution in [3.8, 4) is 0 Å². The Kier molecular flexibility index (Phi) is 2.80. The van der Waals surface area contributed by atoms with Crippen LogP contribution in [0, 0.1) is 5.82 Å². The van der Waals surface area contributed by atoms with E-state index in [0.717, 1.165) is 11.6 Å². The van der Waals surface area contributed by atoms with Crippen molar-refractivity contribution >= 4 is 28.3 Å². The molecule has 0 saturated heterocycles. The minimum atomic E-state index is -0.629. The maximum atomic E-state index is 13.8. The number of rotatable bonds is 2. The van der Waals surface area contributed by atoms with Crippen LogP contribution in [0.4, 0.5) is 4.39 Å². The smallest absolute Gasteiger partial charge is 0.198 e. The van der Waals surface area contributed by atoms with Gasteiger partial charge in [0.15, 0.2) is 5.78 Å². The lowest BCUT2D eigenvalue weighted by molar-refractivity contribution is 0.103. The quantitative estimate of drug-likeness (QED) is 0.726. The summed E-state index contributed by atoms with van der Waals surface area (Å²) in [6.45, 7) is 0. The molecule has 19 heavy (non-hydrogen) atoms. The zero-order valence-corrected chi connectivity index (χ0v) is 10.4. The van der Waals surface area contributed by atoms with Crippen LogP contribution in [0.3, 0.4) is 0 Å². The summed E-state index contributed by atoms with van der Waals surface area (Å²) >= 11 is 5.67. The van der Waals surface area contributed by atoms with Crippen molar-refractivity contribution in [2.45, 2.75) is 0 Å². The summed E-state index contributed by atoms with van der Waals surface area (Å²) in [7, 11) is 0. The van der Waals surface area contributed by atoms with E-state index in [0.29, 0.717) is 10.9 Å². The van der Waals surface area contributed by atoms with Crippen LogP contribution in [0.25, 0.3) is 10.9 Å². The fraction of sp³-hybridized carbons (Fsp3) is 0. The predicted octanol–water partition coefficient (Wildman–Crippen LogP) is 3.59. The van der Waals surface area contributed by atoms with E-state index in [1.165, 1.54) is 12.1 Å². The van der Waals surface area contributed by atoms with Crippen LogP contribution >= 0.6 is 11.6 Å². The SMILES string of the molecule is O=C(c1ccc(Cl)cc1F)c1c[nH]c2ccncc12. The summed E-state index contributed by atoms with van der Waals surface area (Å²) in [4.78, 5) is 19.3. The van der Waals surface area contributed by atoms with Gasteiger partial charge in [0.05, 0.1) is 5.56 Å². The summed E-state index contributed by atoms with van der Waals surface area (Å²) in [6.07, 6.45) is 4.76. The number of benzene rings is 1. The van der Waals surface area contributed by atoms with Crippen molar-refractivity contribution in [2.24, 2.45) is 0 Å². The van der Waals surface area contributed by atoms with Gasteiger partial charge >= 0.3 is 0 Å². The van der Waals surface area contributed by atoms with E-state index in [9.17, 15) is 9.18 Å². The fourth-order valence-corrected chi connectivity index (χ4v) is 2.13. The molecule has 0 radical (unpaired) electrons. The molecule has 94 valence electrons. The van der Waals surface area contributed by atoms with Gasteiger partial charge in [0, 0.05) is 40.1 Å². The molecule has 0 unspecified atom stereocenters. The molecule has 0 fully saturated rings. The van der Waals surface area contributed by atoms with Crippen LogP contribution in [0.2, 0.25) is 5.02 Å². The van der Waals surface area contributed by atoms with E-state index in [1.54, 1.807) is 24.7 Å². The summed E-state index contributed by atoms with van der Waals surface area (Å²) in [5, 5.41) is 0.927. The molecule has 0 aliphatic heterocycles. The highest BCUT2D eigenvalue weighted by Crippen LogP contribution is 2.22. The number of aromatic nitrogens is 2. The zero-order chi connectivity index (χ0) is 13.4. The van der Waals surface area contributed by atoms with E-state index in [1.807, 2.05) is 0 Å². The van der Waals surface area contributed by atoms with Crippen molar-refractivity contribution in [1.29, 1.82) is 0 Å². The number of nitrogens with zero attached hydrogens (tertiary/aromatic N) is 1. The van der Waals surface area contributed by atoms with Gasteiger partial charge in [0.25, 0.3) is 0 Å². The molecule has 2 aromatic heterocycles. The zero-order valence-electron chi connectivity index (χ0n) is 9.65. The van der Waals surface area contributed by atoms with Crippen molar-refractivity contribution in [3.05, 3.63) is 64.8 Å². The van der Waals surface area contributed by atoms with Crippen LogP contribution in [0.15, 0.2) is 42.9 Å². The van der Waals surface area contributed by atoms with Gasteiger partial charge in [-0.25, -0.2) is 4.39 Å². The fourth-order valence-electron chi connectivity index (χ4n) is 1.97. The van der Waals surface area contributed by atoms with Crippen LogP contribution in [-0.4, -0.2) is 15.8 Å². The number of H-pyrrole nitrogens is 1. The predicted molar refractivity (Wildman–Crippen MR) is 70.9 cm³/mol. The first-order valence-corrected chi connectivity index (χ1v) is 5.95. The Morgan fingerprint density at radius 1 is 1.26 bits per heavy atom. The summed E-state index contributed by atoms with van der Waals surface area (Å²) in [5.74, 6) is -1.02. The highest BCUT2D eigenvalue weighted by molar-refractivity contribution is 6.30. The number of fused-ring (bicyclic) bond motifs is 1. The third-order valence-electron chi connectivity index (χ3n) is 2.90. The third-order valence-corrected chi connectivity index (χ3v) is 3.14. The number of carbonyl (C=O) groups excluding carboxylic acids is 1. The molecular formula is C14H8ClFN2O. The molecule has 1 N–H and O–H groups in total. The molecule has 0 bridgehead atoms. The summed E-state index contributed by atoms with van der Waals surface area (Å²) in [5.41, 5.74) is 1.17. The van der Waals surface area contributed by atoms with E-state index in [-0.39, 0.29) is 10.6 Å². The first-order valence-electron chi connectivity index (χ1n) is 5.57. The molecule has 0 spiro atoms. The van der Waals surface area contributed by atoms with Crippen molar-refractivity contribution < 1.29 is 9.18 Å². The maximum Gasteiger partial charge on any atom is 0.198 e. The Morgan fingerprint density at radius 3 is 2.89 bits per heavy atom. The van der Waals surface area contributed by atoms with Gasteiger partial charge < -0.3 is 4.98 Å². The minimum absolute atomic E-state index is 0.00541. The van der Waals surface area contributed by atoms with E-state index >= 15 is 0 Å². The van der Waals surface area contributed by atoms with E-state index in [2.05, 4.69) is 9.97 Å². The lowest BCUT2D eigenvalue weighted by Gasteiger charge is -2.02. The number of nitrogens with one attached hydrogen (secondary N) is 1. The number of hydrogen-bond donors (Lipinski definition) is 1. The Morgan fingerprint density at radius 2 is 2.11 bits per heavy atom. The molecule has 3 aromatic rings. The van der Waals surface area contributed by atoms with Gasteiger partial charge in [-0.1, -0.05) is 11.6 Å². The highest BCUT2D eigenvalue weighted by Gasteiger charge is 2.17. The van der Waals surface area contributed by atoms with Gasteiger partial charge in [0.2, 0.25) is 0 Å². The van der Waals surface area contributed by atoms with Crippen LogP contribution < -0.4 is 0 Å². The van der Waals surface area contributed by atoms with Crippen molar-refractivity contribution in [3.63, 3.8) is 0 Å². The van der Waals surface area contributed by atoms with Gasteiger partial charge in [-0.05, 0) is 24.3 Å². The molecule has 0 aliphatic carbocycles. The monoisotopic (exact) mass is 274 g/mol. The Labute approximate surface area is 113 Å². The number of hydrogen-bond acceptors (Lipinski definition) is 2.